The molecule has 126 valence electrons. The van der Waals surface area contributed by atoms with Crippen molar-refractivity contribution in [2.75, 3.05) is 26.7 Å². The summed E-state index contributed by atoms with van der Waals surface area (Å²) in [6.07, 6.45) is 1.87. The van der Waals surface area contributed by atoms with Gasteiger partial charge in [0.15, 0.2) is 11.6 Å². The average molecular weight is 313 g/mol. The number of rotatable bonds is 9. The van der Waals surface area contributed by atoms with Crippen LogP contribution in [0.25, 0.3) is 0 Å². The van der Waals surface area contributed by atoms with E-state index in [1.54, 1.807) is 19.9 Å². The molecule has 0 aromatic heterocycles. The van der Waals surface area contributed by atoms with Gasteiger partial charge in [0.1, 0.15) is 5.67 Å². The van der Waals surface area contributed by atoms with Crippen LogP contribution >= 0.6 is 0 Å². The topological polar surface area (TPSA) is 12.5 Å². The van der Waals surface area contributed by atoms with Crippen LogP contribution in [0, 0.1) is 18.7 Å². The fraction of sp³-hybridized carbons (Fsp3) is 0.667. The zero-order chi connectivity index (χ0) is 16.8. The van der Waals surface area contributed by atoms with Crippen molar-refractivity contribution >= 4 is 0 Å². The van der Waals surface area contributed by atoms with Crippen LogP contribution in [0.5, 0.6) is 5.75 Å². The van der Waals surface area contributed by atoms with E-state index in [1.165, 1.54) is 6.07 Å². The Hall–Kier alpha value is -1.16. The van der Waals surface area contributed by atoms with Crippen molar-refractivity contribution in [1.29, 1.82) is 0 Å². The minimum Gasteiger partial charge on any atom is -0.490 e. The quantitative estimate of drug-likeness (QED) is 0.660. The normalized spacial score (nSPS) is 13.5. The number of hydrogen-bond acceptors (Lipinski definition) is 2. The van der Waals surface area contributed by atoms with Gasteiger partial charge in [0.25, 0.3) is 0 Å². The lowest BCUT2D eigenvalue weighted by Gasteiger charge is -2.25. The molecule has 22 heavy (non-hydrogen) atoms. The zero-order valence-electron chi connectivity index (χ0n) is 14.5. The third kappa shape index (κ3) is 7.21. The Balaban J connectivity index is 2.42. The van der Waals surface area contributed by atoms with E-state index in [1.807, 2.05) is 24.9 Å². The maximum atomic E-state index is 13.7. The smallest absolute Gasteiger partial charge is 0.165 e. The molecule has 0 aliphatic carbocycles. The van der Waals surface area contributed by atoms with Gasteiger partial charge < -0.3 is 9.64 Å². The predicted octanol–water partition coefficient (Wildman–Crippen LogP) is 4.61. The van der Waals surface area contributed by atoms with Gasteiger partial charge in [-0.25, -0.2) is 8.78 Å². The van der Waals surface area contributed by atoms with Crippen LogP contribution in [0.2, 0.25) is 0 Å². The number of alkyl halides is 1. The van der Waals surface area contributed by atoms with Gasteiger partial charge in [-0.1, -0.05) is 19.4 Å². The summed E-state index contributed by atoms with van der Waals surface area (Å²) in [5, 5.41) is 0. The van der Waals surface area contributed by atoms with Crippen molar-refractivity contribution in [2.24, 2.45) is 5.92 Å². The van der Waals surface area contributed by atoms with Gasteiger partial charge in [0.2, 0.25) is 0 Å². The molecule has 0 heterocycles. The molecule has 0 spiro atoms. The van der Waals surface area contributed by atoms with Crippen LogP contribution in [0.1, 0.15) is 39.2 Å². The minimum absolute atomic E-state index is 0.308. The van der Waals surface area contributed by atoms with Crippen molar-refractivity contribution in [3.05, 3.63) is 29.6 Å². The summed E-state index contributed by atoms with van der Waals surface area (Å²) >= 11 is 0. The first kappa shape index (κ1) is 18.9. The number of nitrogens with zero attached hydrogens (tertiary/aromatic N) is 1. The van der Waals surface area contributed by atoms with Crippen LogP contribution in [0.3, 0.4) is 0 Å². The SMILES string of the molecule is CCC(CCN(C)CC(C)(C)F)COc1ccc(C)cc1F. The molecule has 0 fully saturated rings. The second kappa shape index (κ2) is 8.47. The molecule has 0 N–H and O–H groups in total. The van der Waals surface area contributed by atoms with Crippen molar-refractivity contribution < 1.29 is 13.5 Å². The summed E-state index contributed by atoms with van der Waals surface area (Å²) in [6.45, 7) is 8.84. The average Bonchev–Trinajstić information content (AvgIpc) is 2.38. The molecule has 0 aliphatic heterocycles. The lowest BCUT2D eigenvalue weighted by Crippen LogP contribution is -2.34. The molecule has 0 saturated carbocycles. The van der Waals surface area contributed by atoms with Crippen LogP contribution < -0.4 is 4.74 Å². The van der Waals surface area contributed by atoms with Gasteiger partial charge in [-0.2, -0.15) is 0 Å². The molecule has 1 atom stereocenters. The first-order valence-corrected chi connectivity index (χ1v) is 7.97. The summed E-state index contributed by atoms with van der Waals surface area (Å²) in [7, 11) is 1.93. The Morgan fingerprint density at radius 1 is 1.32 bits per heavy atom. The van der Waals surface area contributed by atoms with Gasteiger partial charge in [0.05, 0.1) is 6.61 Å². The van der Waals surface area contributed by atoms with Crippen LogP contribution in [-0.4, -0.2) is 37.3 Å². The highest BCUT2D eigenvalue weighted by molar-refractivity contribution is 5.28. The number of halogens is 2. The molecule has 0 bridgehead atoms. The molecule has 0 saturated heterocycles. The highest BCUT2D eigenvalue weighted by Gasteiger charge is 2.19. The van der Waals surface area contributed by atoms with Gasteiger partial charge in [-0.15, -0.1) is 0 Å². The van der Waals surface area contributed by atoms with Gasteiger partial charge in [-0.3, -0.25) is 0 Å². The molecule has 1 aromatic rings. The Bertz CT molecular complexity index is 457. The van der Waals surface area contributed by atoms with Gasteiger partial charge in [-0.05, 0) is 64.4 Å². The molecule has 0 radical (unpaired) electrons. The molecular weight excluding hydrogens is 284 g/mol. The van der Waals surface area contributed by atoms with Gasteiger partial charge in [0, 0.05) is 6.54 Å². The van der Waals surface area contributed by atoms with Crippen molar-refractivity contribution in [3.63, 3.8) is 0 Å². The van der Waals surface area contributed by atoms with E-state index in [0.29, 0.717) is 24.8 Å². The van der Waals surface area contributed by atoms with E-state index < -0.39 is 5.67 Å². The molecular formula is C18H29F2NO. The van der Waals surface area contributed by atoms with Crippen molar-refractivity contribution in [2.45, 2.75) is 46.2 Å². The molecule has 1 unspecified atom stereocenters. The monoisotopic (exact) mass is 313 g/mol. The summed E-state index contributed by atoms with van der Waals surface area (Å²) in [4.78, 5) is 2.00. The molecule has 1 aromatic carbocycles. The molecule has 0 aliphatic rings. The van der Waals surface area contributed by atoms with E-state index >= 15 is 0 Å². The second-order valence-corrected chi connectivity index (χ2v) is 6.76. The second-order valence-electron chi connectivity index (χ2n) is 6.76. The fourth-order valence-corrected chi connectivity index (χ4v) is 2.46. The third-order valence-electron chi connectivity index (χ3n) is 3.70. The minimum atomic E-state index is -1.18. The van der Waals surface area contributed by atoms with Crippen LogP contribution in [-0.2, 0) is 0 Å². The van der Waals surface area contributed by atoms with E-state index in [0.717, 1.165) is 24.9 Å². The summed E-state index contributed by atoms with van der Waals surface area (Å²) in [6, 6.07) is 5.00. The number of hydrogen-bond donors (Lipinski definition) is 0. The van der Waals surface area contributed by atoms with E-state index in [9.17, 15) is 8.78 Å². The largest absolute Gasteiger partial charge is 0.490 e. The number of ether oxygens (including phenoxy) is 1. The van der Waals surface area contributed by atoms with E-state index in [2.05, 4.69) is 6.92 Å². The lowest BCUT2D eigenvalue weighted by molar-refractivity contribution is 0.133. The molecule has 4 heteroatoms. The Morgan fingerprint density at radius 2 is 2.00 bits per heavy atom. The van der Waals surface area contributed by atoms with E-state index in [4.69, 9.17) is 4.74 Å². The van der Waals surface area contributed by atoms with Crippen molar-refractivity contribution in [1.82, 2.24) is 4.90 Å². The summed E-state index contributed by atoms with van der Waals surface area (Å²) in [5.41, 5.74) is -0.301. The van der Waals surface area contributed by atoms with Crippen LogP contribution in [0.15, 0.2) is 18.2 Å². The zero-order valence-corrected chi connectivity index (χ0v) is 14.5. The summed E-state index contributed by atoms with van der Waals surface area (Å²) < 4.78 is 32.9. The number of aryl methyl sites for hydroxylation is 1. The van der Waals surface area contributed by atoms with Crippen molar-refractivity contribution in [3.8, 4) is 5.75 Å². The fourth-order valence-electron chi connectivity index (χ4n) is 2.46. The highest BCUT2D eigenvalue weighted by Crippen LogP contribution is 2.20. The predicted molar refractivity (Wildman–Crippen MR) is 87.7 cm³/mol. The first-order valence-electron chi connectivity index (χ1n) is 7.97. The Morgan fingerprint density at radius 3 is 2.55 bits per heavy atom. The van der Waals surface area contributed by atoms with Gasteiger partial charge >= 0.3 is 0 Å². The first-order chi connectivity index (χ1) is 10.2. The van der Waals surface area contributed by atoms with E-state index in [-0.39, 0.29) is 5.82 Å². The molecule has 0 amide bonds. The molecule has 2 nitrogen and oxygen atoms in total. The molecule has 1 rings (SSSR count). The summed E-state index contributed by atoms with van der Waals surface area (Å²) in [5.74, 6) is 0.333. The third-order valence-corrected chi connectivity index (χ3v) is 3.70. The Kier molecular flexibility index (Phi) is 7.27. The highest BCUT2D eigenvalue weighted by atomic mass is 19.1. The van der Waals surface area contributed by atoms with Crippen LogP contribution in [0.4, 0.5) is 8.78 Å². The maximum absolute atomic E-state index is 13.7. The maximum Gasteiger partial charge on any atom is 0.165 e. The Labute approximate surface area is 133 Å². The lowest BCUT2D eigenvalue weighted by atomic mass is 10.0. The standard InChI is InChI=1S/C18H29F2NO/c1-6-15(9-10-21(5)13-18(3,4)20)12-22-17-8-7-14(2)11-16(17)19/h7-8,11,15H,6,9-10,12-13H2,1-5H3. The number of benzene rings is 1.